The zero-order chi connectivity index (χ0) is 29.1. The van der Waals surface area contributed by atoms with Crippen LogP contribution in [0.15, 0.2) is 23.3 Å². The van der Waals surface area contributed by atoms with Gasteiger partial charge in [0.25, 0.3) is 0 Å². The Labute approximate surface area is 242 Å². The molecule has 0 aromatic rings. The van der Waals surface area contributed by atoms with Crippen molar-refractivity contribution in [2.75, 3.05) is 6.61 Å². The summed E-state index contributed by atoms with van der Waals surface area (Å²) in [5, 5.41) is 0. The maximum absolute atomic E-state index is 11.9. The van der Waals surface area contributed by atoms with Crippen LogP contribution in [0.3, 0.4) is 0 Å². The van der Waals surface area contributed by atoms with Crippen LogP contribution in [0.25, 0.3) is 0 Å². The summed E-state index contributed by atoms with van der Waals surface area (Å²) in [5.41, 5.74) is 5.60. The smallest absolute Gasteiger partial charge is 0.302 e. The van der Waals surface area contributed by atoms with E-state index in [0.29, 0.717) is 39.8 Å². The van der Waals surface area contributed by atoms with E-state index in [4.69, 9.17) is 9.16 Å². The summed E-state index contributed by atoms with van der Waals surface area (Å²) < 4.78 is 13.0. The molecule has 0 amide bonds. The van der Waals surface area contributed by atoms with Crippen molar-refractivity contribution in [1.82, 2.24) is 0 Å². The standard InChI is InChI=1S/C35H60O3Si/c1-22(2)39(23(3)4,24(5)6)37-21-25(7)28-14-15-29-27-13-16-31-33(9,10)32(38-26(8)36)18-20-35(31,12)30(27)17-19-34(28,29)11/h13,16,22-25,28-30,32H,14-15,17-21H2,1-12H3/t25-,28-,29+,30+,32?,34-,35-/m1/s1. The zero-order valence-corrected chi connectivity index (χ0v) is 28.4. The van der Waals surface area contributed by atoms with E-state index in [9.17, 15) is 4.79 Å². The Balaban J connectivity index is 1.57. The SMILES string of the molecule is CC(=O)OC1CC[C@@]2(C)C(=CC=C3[C@@H]4CC[C@H]([C@H](C)CO[Si](C(C)C)(C(C)C)C(C)C)[C@@]4(C)CC[C@@H]32)C1(C)C. The molecule has 3 nitrogen and oxygen atoms in total. The number of fused-ring (bicyclic) bond motifs is 5. The molecule has 4 aliphatic carbocycles. The molecule has 4 rings (SSSR count). The van der Waals surface area contributed by atoms with Gasteiger partial charge in [-0.05, 0) is 89.7 Å². The van der Waals surface area contributed by atoms with Gasteiger partial charge in [-0.2, -0.15) is 0 Å². The fourth-order valence-electron chi connectivity index (χ4n) is 11.0. The quantitative estimate of drug-likeness (QED) is 0.220. The van der Waals surface area contributed by atoms with Gasteiger partial charge in [0.2, 0.25) is 0 Å². The van der Waals surface area contributed by atoms with E-state index < -0.39 is 8.32 Å². The van der Waals surface area contributed by atoms with Crippen molar-refractivity contribution >= 4 is 14.3 Å². The molecule has 0 aliphatic heterocycles. The monoisotopic (exact) mass is 556 g/mol. The van der Waals surface area contributed by atoms with Crippen LogP contribution >= 0.6 is 0 Å². The Morgan fingerprint density at radius 2 is 1.49 bits per heavy atom. The number of carbonyl (C=O) groups excluding carboxylic acids is 1. The first-order valence-electron chi connectivity index (χ1n) is 16.3. The third-order valence-corrected chi connectivity index (χ3v) is 18.8. The van der Waals surface area contributed by atoms with Gasteiger partial charge >= 0.3 is 5.97 Å². The van der Waals surface area contributed by atoms with Crippen LogP contribution in [-0.2, 0) is 14.0 Å². The number of carbonyl (C=O) groups is 1. The third kappa shape index (κ3) is 4.86. The number of hydrogen-bond donors (Lipinski definition) is 0. The van der Waals surface area contributed by atoms with Crippen molar-refractivity contribution in [1.29, 1.82) is 0 Å². The molecule has 0 radical (unpaired) electrons. The first-order valence-corrected chi connectivity index (χ1v) is 18.4. The molecule has 3 fully saturated rings. The Morgan fingerprint density at radius 1 is 0.872 bits per heavy atom. The van der Waals surface area contributed by atoms with Gasteiger partial charge in [0.1, 0.15) is 6.10 Å². The van der Waals surface area contributed by atoms with E-state index in [2.05, 4.69) is 88.3 Å². The predicted octanol–water partition coefficient (Wildman–Crippen LogP) is 9.88. The highest BCUT2D eigenvalue weighted by Crippen LogP contribution is 2.67. The van der Waals surface area contributed by atoms with Crippen LogP contribution in [-0.4, -0.2) is 27.0 Å². The molecule has 0 aromatic heterocycles. The van der Waals surface area contributed by atoms with Gasteiger partial charge in [0, 0.05) is 18.9 Å². The highest BCUT2D eigenvalue weighted by Gasteiger charge is 2.60. The predicted molar refractivity (Wildman–Crippen MR) is 166 cm³/mol. The van der Waals surface area contributed by atoms with E-state index in [-0.39, 0.29) is 22.9 Å². The summed E-state index contributed by atoms with van der Waals surface area (Å²) in [6.45, 7) is 29.2. The molecule has 0 bridgehead atoms. The van der Waals surface area contributed by atoms with Gasteiger partial charge in [0.15, 0.2) is 8.32 Å². The lowest BCUT2D eigenvalue weighted by molar-refractivity contribution is -0.155. The summed E-state index contributed by atoms with van der Waals surface area (Å²) in [6.07, 6.45) is 12.3. The number of allylic oxidation sites excluding steroid dienone is 3. The van der Waals surface area contributed by atoms with E-state index in [1.807, 2.05) is 0 Å². The molecule has 1 unspecified atom stereocenters. The van der Waals surface area contributed by atoms with Gasteiger partial charge in [0.05, 0.1) is 0 Å². The maximum Gasteiger partial charge on any atom is 0.302 e. The Bertz CT molecular complexity index is 968. The van der Waals surface area contributed by atoms with Gasteiger partial charge in [-0.15, -0.1) is 0 Å². The van der Waals surface area contributed by atoms with Crippen LogP contribution in [0.5, 0.6) is 0 Å². The molecule has 3 saturated carbocycles. The van der Waals surface area contributed by atoms with Crippen molar-refractivity contribution < 1.29 is 14.0 Å². The molecule has 39 heavy (non-hydrogen) atoms. The summed E-state index contributed by atoms with van der Waals surface area (Å²) in [5.74, 6) is 2.50. The normalized spacial score (nSPS) is 36.7. The largest absolute Gasteiger partial charge is 0.462 e. The third-order valence-electron chi connectivity index (χ3n) is 12.7. The van der Waals surface area contributed by atoms with E-state index >= 15 is 0 Å². The Kier molecular flexibility index (Phi) is 8.57. The van der Waals surface area contributed by atoms with Gasteiger partial charge in [-0.3, -0.25) is 4.79 Å². The summed E-state index contributed by atoms with van der Waals surface area (Å²) in [7, 11) is -1.85. The summed E-state index contributed by atoms with van der Waals surface area (Å²) >= 11 is 0. The minimum absolute atomic E-state index is 0.0203. The van der Waals surface area contributed by atoms with Crippen LogP contribution in [0, 0.1) is 39.9 Å². The van der Waals surface area contributed by atoms with Crippen LogP contribution in [0.4, 0.5) is 0 Å². The molecule has 4 heteroatoms. The minimum atomic E-state index is -1.85. The lowest BCUT2D eigenvalue weighted by Gasteiger charge is -2.58. The fourth-order valence-corrected chi connectivity index (χ4v) is 16.5. The van der Waals surface area contributed by atoms with Crippen molar-refractivity contribution in [3.63, 3.8) is 0 Å². The Hall–Kier alpha value is -0.873. The molecule has 0 N–H and O–H groups in total. The summed E-state index contributed by atoms with van der Waals surface area (Å²) in [6, 6.07) is 0. The van der Waals surface area contributed by atoms with Crippen molar-refractivity contribution in [3.05, 3.63) is 23.3 Å². The highest BCUT2D eigenvalue weighted by molar-refractivity contribution is 6.77. The first kappa shape index (κ1) is 31.1. The molecule has 4 aliphatic rings. The van der Waals surface area contributed by atoms with E-state index in [1.165, 1.54) is 31.3 Å². The average Bonchev–Trinajstić information content (AvgIpc) is 3.17. The minimum Gasteiger partial charge on any atom is -0.462 e. The van der Waals surface area contributed by atoms with Crippen LogP contribution < -0.4 is 0 Å². The Morgan fingerprint density at radius 3 is 2.05 bits per heavy atom. The van der Waals surface area contributed by atoms with E-state index in [0.717, 1.165) is 25.4 Å². The molecule has 0 heterocycles. The second kappa shape index (κ2) is 10.8. The number of ether oxygens (including phenoxy) is 1. The number of hydrogen-bond acceptors (Lipinski definition) is 3. The zero-order valence-electron chi connectivity index (χ0n) is 27.4. The molecule has 0 saturated heterocycles. The first-order chi connectivity index (χ1) is 18.0. The second-order valence-electron chi connectivity index (χ2n) is 16.0. The topological polar surface area (TPSA) is 35.5 Å². The molecule has 0 aromatic carbocycles. The van der Waals surface area contributed by atoms with E-state index in [1.54, 1.807) is 12.5 Å². The van der Waals surface area contributed by atoms with Gasteiger partial charge in [-0.25, -0.2) is 0 Å². The lowest BCUT2D eigenvalue weighted by atomic mass is 9.47. The average molecular weight is 557 g/mol. The maximum atomic E-state index is 11.9. The van der Waals surface area contributed by atoms with Gasteiger partial charge < -0.3 is 9.16 Å². The van der Waals surface area contributed by atoms with Gasteiger partial charge in [-0.1, -0.05) is 99.5 Å². The molecular weight excluding hydrogens is 496 g/mol. The highest BCUT2D eigenvalue weighted by atomic mass is 28.4. The number of esters is 1. The van der Waals surface area contributed by atoms with Crippen molar-refractivity contribution in [3.8, 4) is 0 Å². The number of rotatable bonds is 8. The lowest BCUT2D eigenvalue weighted by Crippen LogP contribution is -2.52. The fraction of sp³-hybridized carbons (Fsp3) is 0.857. The second-order valence-corrected chi connectivity index (χ2v) is 21.4. The van der Waals surface area contributed by atoms with Crippen molar-refractivity contribution in [2.45, 2.75) is 144 Å². The molecule has 222 valence electrons. The molecular formula is C35H60O3Si. The molecule has 0 spiro atoms. The van der Waals surface area contributed by atoms with Crippen LogP contribution in [0.2, 0.25) is 16.6 Å². The summed E-state index contributed by atoms with van der Waals surface area (Å²) in [4.78, 5) is 11.9. The molecule has 7 atom stereocenters. The van der Waals surface area contributed by atoms with Crippen LogP contribution in [0.1, 0.15) is 122 Å². The van der Waals surface area contributed by atoms with Crippen molar-refractivity contribution in [2.24, 2.45) is 39.9 Å².